The SMILES string of the molecule is COC(=O)C(CN(CCN(CC(=O)O)CC(=O)O)CC(=O)O)N(CC(=O)O)CC(=O)O. The third-order valence-corrected chi connectivity index (χ3v) is 3.83. The molecule has 15 nitrogen and oxygen atoms in total. The number of hydrogen-bond donors (Lipinski definition) is 5. The van der Waals surface area contributed by atoms with Crippen LogP contribution < -0.4 is 0 Å². The summed E-state index contributed by atoms with van der Waals surface area (Å²) in [4.78, 5) is 70.2. The number of carboxylic acid groups (broad SMARTS) is 5. The van der Waals surface area contributed by atoms with Crippen molar-refractivity contribution in [3.8, 4) is 0 Å². The summed E-state index contributed by atoms with van der Waals surface area (Å²) in [6.07, 6.45) is 0. The van der Waals surface area contributed by atoms with Crippen molar-refractivity contribution >= 4 is 35.8 Å². The molecule has 5 N–H and O–H groups in total. The Kier molecular flexibility index (Phi) is 12.4. The molecule has 0 rings (SSSR count). The van der Waals surface area contributed by atoms with E-state index in [0.717, 1.165) is 21.8 Å². The highest BCUT2D eigenvalue weighted by molar-refractivity contribution is 5.79. The van der Waals surface area contributed by atoms with Crippen molar-refractivity contribution in [3.05, 3.63) is 0 Å². The fraction of sp³-hybridized carbons (Fsp3) is 0.625. The molecule has 0 saturated heterocycles. The van der Waals surface area contributed by atoms with Crippen LogP contribution in [0.3, 0.4) is 0 Å². The average molecular weight is 451 g/mol. The number of carbonyl (C=O) groups excluding carboxylic acids is 1. The number of carbonyl (C=O) groups is 6. The molecule has 0 aliphatic rings. The van der Waals surface area contributed by atoms with E-state index in [4.69, 9.17) is 25.5 Å². The van der Waals surface area contributed by atoms with E-state index >= 15 is 0 Å². The van der Waals surface area contributed by atoms with Gasteiger partial charge in [0.2, 0.25) is 0 Å². The molecular formula is C16H25N3O12. The van der Waals surface area contributed by atoms with E-state index in [2.05, 4.69) is 4.74 Å². The van der Waals surface area contributed by atoms with Gasteiger partial charge in [0.25, 0.3) is 0 Å². The van der Waals surface area contributed by atoms with Crippen molar-refractivity contribution in [3.63, 3.8) is 0 Å². The molecule has 0 amide bonds. The van der Waals surface area contributed by atoms with Crippen LogP contribution >= 0.6 is 0 Å². The molecule has 0 bridgehead atoms. The van der Waals surface area contributed by atoms with E-state index in [1.807, 2.05) is 0 Å². The third kappa shape index (κ3) is 12.8. The second-order valence-corrected chi connectivity index (χ2v) is 6.36. The number of aliphatic carboxylic acids is 5. The van der Waals surface area contributed by atoms with Gasteiger partial charge in [0.05, 0.1) is 39.8 Å². The Hall–Kier alpha value is -3.30. The summed E-state index contributed by atoms with van der Waals surface area (Å²) >= 11 is 0. The Bertz CT molecular complexity index is 651. The molecule has 0 heterocycles. The Morgan fingerprint density at radius 2 is 1.00 bits per heavy atom. The van der Waals surface area contributed by atoms with Crippen molar-refractivity contribution in [1.29, 1.82) is 0 Å². The van der Waals surface area contributed by atoms with Crippen LogP contribution in [0.25, 0.3) is 0 Å². The van der Waals surface area contributed by atoms with Crippen LogP contribution in [0.1, 0.15) is 0 Å². The molecule has 0 aromatic heterocycles. The van der Waals surface area contributed by atoms with Crippen LogP contribution in [0.5, 0.6) is 0 Å². The number of rotatable bonds is 17. The second kappa shape index (κ2) is 13.8. The lowest BCUT2D eigenvalue weighted by Gasteiger charge is -2.32. The zero-order valence-electron chi connectivity index (χ0n) is 16.7. The number of carboxylic acids is 5. The second-order valence-electron chi connectivity index (χ2n) is 6.36. The van der Waals surface area contributed by atoms with Crippen LogP contribution in [-0.2, 0) is 33.5 Å². The molecular weight excluding hydrogens is 426 g/mol. The first-order valence-electron chi connectivity index (χ1n) is 8.71. The average Bonchev–Trinajstić information content (AvgIpc) is 2.60. The van der Waals surface area contributed by atoms with E-state index < -0.39 is 81.1 Å². The first-order valence-corrected chi connectivity index (χ1v) is 8.71. The minimum atomic E-state index is -1.47. The van der Waals surface area contributed by atoms with Crippen LogP contribution in [0.2, 0.25) is 0 Å². The summed E-state index contributed by atoms with van der Waals surface area (Å²) in [5.74, 6) is -7.84. The van der Waals surface area contributed by atoms with Gasteiger partial charge in [-0.2, -0.15) is 0 Å². The molecule has 0 aromatic carbocycles. The quantitative estimate of drug-likeness (QED) is 0.138. The highest BCUT2D eigenvalue weighted by atomic mass is 16.5. The molecule has 1 atom stereocenters. The highest BCUT2D eigenvalue weighted by Gasteiger charge is 2.32. The predicted molar refractivity (Wildman–Crippen MR) is 98.4 cm³/mol. The van der Waals surface area contributed by atoms with Gasteiger partial charge in [-0.1, -0.05) is 0 Å². The van der Waals surface area contributed by atoms with E-state index in [0.29, 0.717) is 0 Å². The van der Waals surface area contributed by atoms with Gasteiger partial charge in [-0.05, 0) is 0 Å². The maximum absolute atomic E-state index is 12.2. The molecule has 0 saturated carbocycles. The standard InChI is InChI=1S/C16H25N3O12/c1-31-16(30)10(19(8-14(26)27)9-15(28)29)4-17(5-11(20)21)2-3-18(6-12(22)23)7-13(24)25/h10H,2-9H2,1H3,(H,20,21)(H,22,23)(H,24,25)(H,26,27)(H,28,29). The minimum Gasteiger partial charge on any atom is -0.480 e. The van der Waals surface area contributed by atoms with Crippen molar-refractivity contribution in [2.24, 2.45) is 0 Å². The van der Waals surface area contributed by atoms with Crippen LogP contribution in [-0.4, -0.2) is 142 Å². The van der Waals surface area contributed by atoms with Gasteiger partial charge in [0.1, 0.15) is 6.04 Å². The number of hydrogen-bond acceptors (Lipinski definition) is 10. The Morgan fingerprint density at radius 1 is 0.645 bits per heavy atom. The van der Waals surface area contributed by atoms with Gasteiger partial charge in [-0.15, -0.1) is 0 Å². The number of nitrogens with zero attached hydrogens (tertiary/aromatic N) is 3. The van der Waals surface area contributed by atoms with Gasteiger partial charge in [0.15, 0.2) is 0 Å². The fourth-order valence-electron chi connectivity index (χ4n) is 2.65. The zero-order chi connectivity index (χ0) is 24.1. The molecule has 0 spiro atoms. The lowest BCUT2D eigenvalue weighted by molar-refractivity contribution is -0.153. The monoisotopic (exact) mass is 451 g/mol. The Morgan fingerprint density at radius 3 is 1.35 bits per heavy atom. The molecule has 0 radical (unpaired) electrons. The van der Waals surface area contributed by atoms with E-state index in [9.17, 15) is 28.8 Å². The molecule has 15 heteroatoms. The smallest absolute Gasteiger partial charge is 0.324 e. The number of esters is 1. The highest BCUT2D eigenvalue weighted by Crippen LogP contribution is 2.07. The maximum atomic E-state index is 12.2. The fourth-order valence-corrected chi connectivity index (χ4v) is 2.65. The molecule has 0 aliphatic carbocycles. The van der Waals surface area contributed by atoms with Crippen LogP contribution in [0.15, 0.2) is 0 Å². The molecule has 31 heavy (non-hydrogen) atoms. The van der Waals surface area contributed by atoms with Gasteiger partial charge >= 0.3 is 35.8 Å². The largest absolute Gasteiger partial charge is 0.480 e. The lowest BCUT2D eigenvalue weighted by Crippen LogP contribution is -2.54. The first-order chi connectivity index (χ1) is 14.3. The van der Waals surface area contributed by atoms with Gasteiger partial charge in [-0.3, -0.25) is 43.5 Å². The Balaban J connectivity index is 5.61. The van der Waals surface area contributed by atoms with E-state index in [1.165, 1.54) is 0 Å². The molecule has 0 aromatic rings. The van der Waals surface area contributed by atoms with Crippen molar-refractivity contribution < 1.29 is 59.0 Å². The first kappa shape index (κ1) is 27.7. The summed E-state index contributed by atoms with van der Waals surface area (Å²) in [6, 6.07) is -1.47. The normalized spacial score (nSPS) is 12.0. The zero-order valence-corrected chi connectivity index (χ0v) is 16.7. The van der Waals surface area contributed by atoms with Crippen LogP contribution in [0, 0.1) is 0 Å². The third-order valence-electron chi connectivity index (χ3n) is 3.83. The molecule has 176 valence electrons. The van der Waals surface area contributed by atoms with Crippen molar-refractivity contribution in [1.82, 2.24) is 14.7 Å². The number of ether oxygens (including phenoxy) is 1. The van der Waals surface area contributed by atoms with Gasteiger partial charge in [-0.25, -0.2) is 0 Å². The minimum absolute atomic E-state index is 0.211. The predicted octanol–water partition coefficient (Wildman–Crippen LogP) is -3.14. The molecule has 0 fully saturated rings. The van der Waals surface area contributed by atoms with Crippen LogP contribution in [0.4, 0.5) is 0 Å². The summed E-state index contributed by atoms with van der Waals surface area (Å²) < 4.78 is 4.59. The maximum Gasteiger partial charge on any atom is 0.324 e. The molecule has 1 unspecified atom stereocenters. The van der Waals surface area contributed by atoms with E-state index in [1.54, 1.807) is 0 Å². The van der Waals surface area contributed by atoms with E-state index in [-0.39, 0.29) is 13.1 Å². The van der Waals surface area contributed by atoms with Crippen molar-refractivity contribution in [2.75, 3.05) is 59.5 Å². The van der Waals surface area contributed by atoms with Gasteiger partial charge in [0, 0.05) is 19.6 Å². The Labute approximate surface area is 176 Å². The topological polar surface area (TPSA) is 223 Å². The summed E-state index contributed by atoms with van der Waals surface area (Å²) in [6.45, 7) is -4.54. The van der Waals surface area contributed by atoms with Crippen molar-refractivity contribution in [2.45, 2.75) is 6.04 Å². The molecule has 0 aliphatic heterocycles. The van der Waals surface area contributed by atoms with Gasteiger partial charge < -0.3 is 30.3 Å². The summed E-state index contributed by atoms with van der Waals surface area (Å²) in [5, 5.41) is 44.9. The number of methoxy groups -OCH3 is 1. The lowest BCUT2D eigenvalue weighted by atomic mass is 10.2. The summed E-state index contributed by atoms with van der Waals surface area (Å²) in [5.41, 5.74) is 0. The summed E-state index contributed by atoms with van der Waals surface area (Å²) in [7, 11) is 0.984.